The number of piperidine rings is 1. The molecule has 4 nitrogen and oxygen atoms in total. The number of carbonyl (C=O) groups is 1. The standard InChI is InChI=1S/C13H18N2O2/c14-8-11-2-1-7-15-12(11)9-3-5-10(6-4-9)13(16)17/h3-6,11-12,15H,1-2,7-8,14H2,(H,16,17). The molecule has 0 radical (unpaired) electrons. The molecule has 1 aliphatic rings. The molecule has 1 aromatic carbocycles. The van der Waals surface area contributed by atoms with Gasteiger partial charge in [-0.25, -0.2) is 4.79 Å². The number of rotatable bonds is 3. The molecule has 0 aromatic heterocycles. The molecular formula is C13H18N2O2. The second kappa shape index (κ2) is 5.29. The Kier molecular flexibility index (Phi) is 3.76. The molecule has 2 atom stereocenters. The van der Waals surface area contributed by atoms with Gasteiger partial charge in [0.1, 0.15) is 0 Å². The Morgan fingerprint density at radius 3 is 2.71 bits per heavy atom. The van der Waals surface area contributed by atoms with Crippen LogP contribution in [0.2, 0.25) is 0 Å². The monoisotopic (exact) mass is 234 g/mol. The third-order valence-electron chi connectivity index (χ3n) is 3.41. The van der Waals surface area contributed by atoms with Crippen LogP contribution in [0.4, 0.5) is 0 Å². The molecule has 92 valence electrons. The highest BCUT2D eigenvalue weighted by molar-refractivity contribution is 5.87. The first-order chi connectivity index (χ1) is 8.22. The SMILES string of the molecule is NCC1CCCNC1c1ccc(C(=O)O)cc1. The van der Waals surface area contributed by atoms with Crippen molar-refractivity contribution in [1.29, 1.82) is 0 Å². The molecule has 0 amide bonds. The zero-order valence-corrected chi connectivity index (χ0v) is 9.73. The molecule has 1 heterocycles. The second-order valence-electron chi connectivity index (χ2n) is 4.50. The van der Waals surface area contributed by atoms with Gasteiger partial charge in [-0.05, 0) is 49.5 Å². The summed E-state index contributed by atoms with van der Waals surface area (Å²) in [6, 6.07) is 7.34. The molecule has 2 unspecified atom stereocenters. The van der Waals surface area contributed by atoms with Gasteiger partial charge in [0.2, 0.25) is 0 Å². The van der Waals surface area contributed by atoms with Crippen LogP contribution >= 0.6 is 0 Å². The molecule has 4 N–H and O–H groups in total. The van der Waals surface area contributed by atoms with Crippen molar-refractivity contribution in [2.45, 2.75) is 18.9 Å². The molecule has 1 fully saturated rings. The van der Waals surface area contributed by atoms with Crippen LogP contribution in [0.25, 0.3) is 0 Å². The van der Waals surface area contributed by atoms with Gasteiger partial charge < -0.3 is 16.2 Å². The topological polar surface area (TPSA) is 75.3 Å². The maximum absolute atomic E-state index is 10.8. The van der Waals surface area contributed by atoms with Crippen molar-refractivity contribution in [1.82, 2.24) is 5.32 Å². The van der Waals surface area contributed by atoms with Gasteiger partial charge in [-0.1, -0.05) is 12.1 Å². The zero-order valence-electron chi connectivity index (χ0n) is 9.73. The lowest BCUT2D eigenvalue weighted by Gasteiger charge is -2.32. The third-order valence-corrected chi connectivity index (χ3v) is 3.41. The van der Waals surface area contributed by atoms with Gasteiger partial charge in [0, 0.05) is 6.04 Å². The number of carboxylic acid groups (broad SMARTS) is 1. The number of nitrogens with one attached hydrogen (secondary N) is 1. The van der Waals surface area contributed by atoms with E-state index in [0.29, 0.717) is 18.0 Å². The summed E-state index contributed by atoms with van der Waals surface area (Å²) in [5.74, 6) is -0.442. The summed E-state index contributed by atoms with van der Waals surface area (Å²) in [4.78, 5) is 10.8. The number of hydrogen-bond donors (Lipinski definition) is 3. The van der Waals surface area contributed by atoms with Crippen molar-refractivity contribution in [3.05, 3.63) is 35.4 Å². The predicted octanol–water partition coefficient (Wildman–Crippen LogP) is 1.38. The highest BCUT2D eigenvalue weighted by Gasteiger charge is 2.24. The first-order valence-corrected chi connectivity index (χ1v) is 5.99. The van der Waals surface area contributed by atoms with Gasteiger partial charge in [-0.2, -0.15) is 0 Å². The van der Waals surface area contributed by atoms with Gasteiger partial charge in [-0.15, -0.1) is 0 Å². The average molecular weight is 234 g/mol. The van der Waals surface area contributed by atoms with Crippen molar-refractivity contribution < 1.29 is 9.90 Å². The number of carboxylic acids is 1. The molecule has 1 aliphatic heterocycles. The summed E-state index contributed by atoms with van der Waals surface area (Å²) in [6.45, 7) is 1.67. The van der Waals surface area contributed by atoms with Crippen molar-refractivity contribution in [2.75, 3.05) is 13.1 Å². The Balaban J connectivity index is 2.17. The van der Waals surface area contributed by atoms with Crippen LogP contribution in [-0.4, -0.2) is 24.2 Å². The Hall–Kier alpha value is -1.39. The summed E-state index contributed by atoms with van der Waals surface area (Å²) in [5.41, 5.74) is 7.23. The Morgan fingerprint density at radius 2 is 2.12 bits per heavy atom. The molecule has 2 rings (SSSR count). The summed E-state index contributed by atoms with van der Waals surface area (Å²) in [6.07, 6.45) is 2.29. The van der Waals surface area contributed by atoms with Gasteiger partial charge in [0.05, 0.1) is 5.56 Å². The minimum Gasteiger partial charge on any atom is -0.478 e. The van der Waals surface area contributed by atoms with E-state index in [1.165, 1.54) is 0 Å². The number of hydrogen-bond acceptors (Lipinski definition) is 3. The van der Waals surface area contributed by atoms with Crippen LogP contribution in [0.5, 0.6) is 0 Å². The van der Waals surface area contributed by atoms with Crippen LogP contribution < -0.4 is 11.1 Å². The molecule has 0 spiro atoms. The highest BCUT2D eigenvalue weighted by atomic mass is 16.4. The van der Waals surface area contributed by atoms with E-state index in [1.807, 2.05) is 12.1 Å². The maximum Gasteiger partial charge on any atom is 0.335 e. The second-order valence-corrected chi connectivity index (χ2v) is 4.50. The lowest BCUT2D eigenvalue weighted by molar-refractivity contribution is 0.0697. The molecule has 0 aliphatic carbocycles. The van der Waals surface area contributed by atoms with Gasteiger partial charge >= 0.3 is 5.97 Å². The summed E-state index contributed by atoms with van der Waals surface area (Å²) >= 11 is 0. The van der Waals surface area contributed by atoms with Crippen molar-refractivity contribution in [2.24, 2.45) is 11.7 Å². The van der Waals surface area contributed by atoms with Gasteiger partial charge in [0.15, 0.2) is 0 Å². The lowest BCUT2D eigenvalue weighted by Crippen LogP contribution is -2.37. The van der Waals surface area contributed by atoms with E-state index in [-0.39, 0.29) is 6.04 Å². The van der Waals surface area contributed by atoms with Crippen LogP contribution in [0.3, 0.4) is 0 Å². The van der Waals surface area contributed by atoms with Crippen molar-refractivity contribution in [3.8, 4) is 0 Å². The van der Waals surface area contributed by atoms with Crippen molar-refractivity contribution >= 4 is 5.97 Å². The van der Waals surface area contributed by atoms with E-state index in [1.54, 1.807) is 12.1 Å². The fourth-order valence-corrected chi connectivity index (χ4v) is 2.43. The number of aromatic carboxylic acids is 1. The fourth-order valence-electron chi connectivity index (χ4n) is 2.43. The minimum absolute atomic E-state index is 0.261. The largest absolute Gasteiger partial charge is 0.478 e. The Labute approximate surface area is 101 Å². The minimum atomic E-state index is -0.886. The van der Waals surface area contributed by atoms with Crippen molar-refractivity contribution in [3.63, 3.8) is 0 Å². The molecule has 17 heavy (non-hydrogen) atoms. The van der Waals surface area contributed by atoms with E-state index in [9.17, 15) is 4.79 Å². The lowest BCUT2D eigenvalue weighted by atomic mass is 9.86. The van der Waals surface area contributed by atoms with E-state index >= 15 is 0 Å². The maximum atomic E-state index is 10.8. The fraction of sp³-hybridized carbons (Fsp3) is 0.462. The zero-order chi connectivity index (χ0) is 12.3. The van der Waals surface area contributed by atoms with Crippen LogP contribution in [-0.2, 0) is 0 Å². The molecule has 4 heteroatoms. The predicted molar refractivity (Wildman–Crippen MR) is 65.9 cm³/mol. The molecule has 0 bridgehead atoms. The highest BCUT2D eigenvalue weighted by Crippen LogP contribution is 2.28. The third kappa shape index (κ3) is 2.65. The Morgan fingerprint density at radius 1 is 1.41 bits per heavy atom. The van der Waals surface area contributed by atoms with E-state index < -0.39 is 5.97 Å². The van der Waals surface area contributed by atoms with Crippen LogP contribution in [0.15, 0.2) is 24.3 Å². The summed E-state index contributed by atoms with van der Waals surface area (Å²) < 4.78 is 0. The van der Waals surface area contributed by atoms with Gasteiger partial charge in [-0.3, -0.25) is 0 Å². The summed E-state index contributed by atoms with van der Waals surface area (Å²) in [7, 11) is 0. The molecule has 1 saturated heterocycles. The first-order valence-electron chi connectivity index (χ1n) is 5.99. The molecule has 0 saturated carbocycles. The molecule has 1 aromatic rings. The summed E-state index contributed by atoms with van der Waals surface area (Å²) in [5, 5.41) is 12.3. The van der Waals surface area contributed by atoms with E-state index in [2.05, 4.69) is 5.32 Å². The molecular weight excluding hydrogens is 216 g/mol. The smallest absolute Gasteiger partial charge is 0.335 e. The van der Waals surface area contributed by atoms with Gasteiger partial charge in [0.25, 0.3) is 0 Å². The Bertz CT molecular complexity index is 389. The number of nitrogens with two attached hydrogens (primary N) is 1. The van der Waals surface area contributed by atoms with E-state index in [0.717, 1.165) is 24.9 Å². The average Bonchev–Trinajstić information content (AvgIpc) is 2.39. The van der Waals surface area contributed by atoms with Crippen LogP contribution in [0, 0.1) is 5.92 Å². The van der Waals surface area contributed by atoms with E-state index in [4.69, 9.17) is 10.8 Å². The van der Waals surface area contributed by atoms with Crippen LogP contribution in [0.1, 0.15) is 34.8 Å². The first kappa shape index (κ1) is 12.1. The number of benzene rings is 1. The normalized spacial score (nSPS) is 24.5. The quantitative estimate of drug-likeness (QED) is 0.738.